The highest BCUT2D eigenvalue weighted by atomic mass is 35.5. The maximum Gasteiger partial charge on any atom is 0.308 e. The molecule has 1 amide bonds. The maximum absolute atomic E-state index is 12.4. The number of halogens is 1. The molecule has 32 heavy (non-hydrogen) atoms. The molecule has 0 unspecified atom stereocenters. The van der Waals surface area contributed by atoms with E-state index in [1.54, 1.807) is 62.5 Å². The third-order valence-corrected chi connectivity index (χ3v) is 4.97. The number of benzene rings is 2. The minimum absolute atomic E-state index is 0.129. The minimum atomic E-state index is -1.00. The number of carbonyl (C=O) groups excluding carboxylic acids is 1. The van der Waals surface area contributed by atoms with E-state index in [9.17, 15) is 9.59 Å². The molecule has 1 heterocycles. The third kappa shape index (κ3) is 5.73. The van der Waals surface area contributed by atoms with E-state index in [0.717, 1.165) is 5.56 Å². The van der Waals surface area contributed by atoms with Crippen LogP contribution in [0.2, 0.25) is 5.15 Å². The van der Waals surface area contributed by atoms with E-state index in [0.29, 0.717) is 40.6 Å². The van der Waals surface area contributed by atoms with Gasteiger partial charge in [0.25, 0.3) is 5.91 Å². The Morgan fingerprint density at radius 1 is 1.06 bits per heavy atom. The number of amides is 1. The SMILES string of the molecule is COc1ccc(C(=O)Nc2ccc(Cc3nc(Cl)c(CC(=O)O)c(N(C)C)n3)cc2)cc1. The van der Waals surface area contributed by atoms with Crippen molar-refractivity contribution in [2.24, 2.45) is 0 Å². The van der Waals surface area contributed by atoms with Crippen molar-refractivity contribution in [1.29, 1.82) is 0 Å². The molecule has 166 valence electrons. The highest BCUT2D eigenvalue weighted by Gasteiger charge is 2.17. The van der Waals surface area contributed by atoms with Crippen molar-refractivity contribution in [3.05, 3.63) is 76.2 Å². The number of hydrogen-bond acceptors (Lipinski definition) is 6. The molecule has 3 rings (SSSR count). The van der Waals surface area contributed by atoms with Gasteiger partial charge in [-0.05, 0) is 42.0 Å². The number of carbonyl (C=O) groups is 2. The van der Waals surface area contributed by atoms with Gasteiger partial charge in [0.05, 0.1) is 13.5 Å². The van der Waals surface area contributed by atoms with Crippen molar-refractivity contribution < 1.29 is 19.4 Å². The topological polar surface area (TPSA) is 105 Å². The van der Waals surface area contributed by atoms with E-state index < -0.39 is 5.97 Å². The van der Waals surface area contributed by atoms with Gasteiger partial charge in [0.1, 0.15) is 22.5 Å². The molecule has 1 aromatic heterocycles. The quantitative estimate of drug-likeness (QED) is 0.500. The zero-order valence-corrected chi connectivity index (χ0v) is 18.7. The lowest BCUT2D eigenvalue weighted by Gasteiger charge is -2.17. The maximum atomic E-state index is 12.4. The normalized spacial score (nSPS) is 10.5. The largest absolute Gasteiger partial charge is 0.497 e. The Balaban J connectivity index is 1.72. The molecular formula is C23H23ClN4O4. The predicted octanol–water partition coefficient (Wildman–Crippen LogP) is 3.67. The van der Waals surface area contributed by atoms with E-state index in [1.807, 2.05) is 12.1 Å². The zero-order valence-electron chi connectivity index (χ0n) is 17.9. The smallest absolute Gasteiger partial charge is 0.308 e. The van der Waals surface area contributed by atoms with Crippen LogP contribution in [0.25, 0.3) is 0 Å². The lowest BCUT2D eigenvalue weighted by atomic mass is 10.1. The summed E-state index contributed by atoms with van der Waals surface area (Å²) in [7, 11) is 5.11. The van der Waals surface area contributed by atoms with Crippen LogP contribution in [-0.4, -0.2) is 48.2 Å². The summed E-state index contributed by atoms with van der Waals surface area (Å²) >= 11 is 6.25. The van der Waals surface area contributed by atoms with Gasteiger partial charge in [-0.3, -0.25) is 9.59 Å². The first kappa shape index (κ1) is 23.0. The van der Waals surface area contributed by atoms with Gasteiger partial charge >= 0.3 is 5.97 Å². The second kappa shape index (κ2) is 10.1. The minimum Gasteiger partial charge on any atom is -0.497 e. The molecule has 8 nitrogen and oxygen atoms in total. The van der Waals surface area contributed by atoms with Crippen LogP contribution >= 0.6 is 11.6 Å². The van der Waals surface area contributed by atoms with Crippen molar-refractivity contribution in [1.82, 2.24) is 9.97 Å². The Labute approximate surface area is 190 Å². The van der Waals surface area contributed by atoms with Crippen molar-refractivity contribution in [3.63, 3.8) is 0 Å². The molecule has 0 bridgehead atoms. The zero-order chi connectivity index (χ0) is 23.3. The molecule has 2 N–H and O–H groups in total. The fourth-order valence-electron chi connectivity index (χ4n) is 3.07. The van der Waals surface area contributed by atoms with Gasteiger partial charge in [-0.2, -0.15) is 0 Å². The van der Waals surface area contributed by atoms with Gasteiger partial charge < -0.3 is 20.1 Å². The van der Waals surface area contributed by atoms with Crippen molar-refractivity contribution in [2.45, 2.75) is 12.8 Å². The Morgan fingerprint density at radius 3 is 2.28 bits per heavy atom. The third-order valence-electron chi connectivity index (χ3n) is 4.66. The first-order valence-corrected chi connectivity index (χ1v) is 10.1. The number of ether oxygens (including phenoxy) is 1. The molecule has 0 atom stereocenters. The second-order valence-electron chi connectivity index (χ2n) is 7.25. The van der Waals surface area contributed by atoms with Crippen LogP contribution in [0.5, 0.6) is 5.75 Å². The van der Waals surface area contributed by atoms with Crippen molar-refractivity contribution in [2.75, 3.05) is 31.4 Å². The molecule has 0 aliphatic carbocycles. The number of nitrogens with zero attached hydrogens (tertiary/aromatic N) is 3. The number of aromatic nitrogens is 2. The number of rotatable bonds is 8. The Morgan fingerprint density at radius 2 is 1.72 bits per heavy atom. The average Bonchev–Trinajstić information content (AvgIpc) is 2.76. The number of nitrogens with one attached hydrogen (secondary N) is 1. The molecule has 0 aliphatic heterocycles. The Kier molecular flexibility index (Phi) is 7.27. The molecule has 2 aromatic carbocycles. The summed E-state index contributed by atoms with van der Waals surface area (Å²) in [5, 5.41) is 12.1. The number of hydrogen-bond donors (Lipinski definition) is 2. The summed E-state index contributed by atoms with van der Waals surface area (Å²) in [5.41, 5.74) is 2.47. The fraction of sp³-hybridized carbons (Fsp3) is 0.217. The summed E-state index contributed by atoms with van der Waals surface area (Å²) in [5.74, 6) is 0.411. The first-order valence-electron chi connectivity index (χ1n) is 9.75. The monoisotopic (exact) mass is 454 g/mol. The van der Waals surface area contributed by atoms with Crippen molar-refractivity contribution >= 4 is 35.0 Å². The van der Waals surface area contributed by atoms with Crippen LogP contribution < -0.4 is 15.0 Å². The van der Waals surface area contributed by atoms with Gasteiger partial charge in [-0.25, -0.2) is 9.97 Å². The van der Waals surface area contributed by atoms with E-state index in [2.05, 4.69) is 15.3 Å². The molecule has 0 aliphatic rings. The van der Waals surface area contributed by atoms with Crippen molar-refractivity contribution in [3.8, 4) is 5.75 Å². The van der Waals surface area contributed by atoms with Gasteiger partial charge in [-0.15, -0.1) is 0 Å². The van der Waals surface area contributed by atoms with Crippen LogP contribution in [0.1, 0.15) is 27.3 Å². The van der Waals surface area contributed by atoms with Crippen LogP contribution in [-0.2, 0) is 17.6 Å². The van der Waals surface area contributed by atoms with Gasteiger partial charge in [0.15, 0.2) is 0 Å². The van der Waals surface area contributed by atoms with Crippen LogP contribution in [0.3, 0.4) is 0 Å². The molecule has 0 fully saturated rings. The predicted molar refractivity (Wildman–Crippen MR) is 123 cm³/mol. The molecular weight excluding hydrogens is 432 g/mol. The Bertz CT molecular complexity index is 1120. The van der Waals surface area contributed by atoms with Gasteiger partial charge in [0, 0.05) is 37.3 Å². The highest BCUT2D eigenvalue weighted by molar-refractivity contribution is 6.30. The van der Waals surface area contributed by atoms with Crippen LogP contribution in [0.15, 0.2) is 48.5 Å². The van der Waals surface area contributed by atoms with E-state index in [4.69, 9.17) is 21.4 Å². The van der Waals surface area contributed by atoms with Gasteiger partial charge in [0.2, 0.25) is 0 Å². The fourth-order valence-corrected chi connectivity index (χ4v) is 3.32. The summed E-state index contributed by atoms with van der Waals surface area (Å²) in [6, 6.07) is 14.2. The summed E-state index contributed by atoms with van der Waals surface area (Å²) in [6.07, 6.45) is 0.149. The van der Waals surface area contributed by atoms with E-state index in [-0.39, 0.29) is 17.5 Å². The number of methoxy groups -OCH3 is 1. The summed E-state index contributed by atoms with van der Waals surface area (Å²) < 4.78 is 5.10. The molecule has 0 radical (unpaired) electrons. The van der Waals surface area contributed by atoms with E-state index in [1.165, 1.54) is 0 Å². The lowest BCUT2D eigenvalue weighted by molar-refractivity contribution is -0.136. The molecule has 3 aromatic rings. The number of aliphatic carboxylic acids is 1. The second-order valence-corrected chi connectivity index (χ2v) is 7.61. The standard InChI is InChI=1S/C23H23ClN4O4/c1-28(2)22-18(13-20(29)30)21(24)26-19(27-22)12-14-4-8-16(9-5-14)25-23(31)15-6-10-17(32-3)11-7-15/h4-11H,12-13H2,1-3H3,(H,25,31)(H,29,30). The highest BCUT2D eigenvalue weighted by Crippen LogP contribution is 2.25. The average molecular weight is 455 g/mol. The van der Waals surface area contributed by atoms with Gasteiger partial charge in [-0.1, -0.05) is 23.7 Å². The van der Waals surface area contributed by atoms with Crippen LogP contribution in [0, 0.1) is 0 Å². The molecule has 0 spiro atoms. The number of carboxylic acids is 1. The van der Waals surface area contributed by atoms with Crippen LogP contribution in [0.4, 0.5) is 11.5 Å². The summed E-state index contributed by atoms with van der Waals surface area (Å²) in [6.45, 7) is 0. The molecule has 9 heteroatoms. The van der Waals surface area contributed by atoms with E-state index >= 15 is 0 Å². The summed E-state index contributed by atoms with van der Waals surface area (Å²) in [4.78, 5) is 34.0. The molecule has 0 saturated carbocycles. The lowest BCUT2D eigenvalue weighted by Crippen LogP contribution is -2.18. The molecule has 0 saturated heterocycles. The number of anilines is 2. The first-order chi connectivity index (χ1) is 15.3. The Hall–Kier alpha value is -3.65. The number of carboxylic acid groups (broad SMARTS) is 1.